The molecule has 0 saturated carbocycles. The van der Waals surface area contributed by atoms with Gasteiger partial charge in [-0.15, -0.1) is 0 Å². The first kappa shape index (κ1) is 38.5. The summed E-state index contributed by atoms with van der Waals surface area (Å²) in [6.45, 7) is 10.7. The number of rotatable bonds is 18. The molecule has 1 aromatic carbocycles. The Morgan fingerprint density at radius 3 is 0.917 bits per heavy atom. The molecule has 0 unspecified atom stereocenters. The largest absolute Gasteiger partial charge is 0.356 e. The minimum atomic E-state index is -0.650. The summed E-state index contributed by atoms with van der Waals surface area (Å²) in [7, 11) is 0. The quantitative estimate of drug-likeness (QED) is 0.176. The second kappa shape index (κ2) is 19.8. The Morgan fingerprint density at radius 2 is 0.708 bits per heavy atom. The molecule has 12 nitrogen and oxygen atoms in total. The van der Waals surface area contributed by atoms with Crippen molar-refractivity contribution in [3.8, 4) is 0 Å². The number of benzene rings is 1. The summed E-state index contributed by atoms with van der Waals surface area (Å²) in [4.78, 5) is 82.4. The number of hydrogen-bond acceptors (Lipinski definition) is 6. The van der Waals surface area contributed by atoms with Crippen molar-refractivity contribution in [2.45, 2.75) is 79.1 Å². The lowest BCUT2D eigenvalue weighted by molar-refractivity contribution is -0.132. The maximum atomic E-state index is 13.6. The van der Waals surface area contributed by atoms with E-state index >= 15 is 0 Å². The first-order chi connectivity index (χ1) is 23.2. The zero-order chi connectivity index (χ0) is 35.1. The molecule has 12 heteroatoms. The van der Waals surface area contributed by atoms with Crippen LogP contribution in [-0.2, 0) is 19.2 Å². The molecule has 0 aromatic heterocycles. The highest BCUT2D eigenvalue weighted by atomic mass is 16.2. The summed E-state index contributed by atoms with van der Waals surface area (Å²) in [5.74, 6) is -4.15. The maximum Gasteiger partial charge on any atom is 0.253 e. The van der Waals surface area contributed by atoms with Gasteiger partial charge in [-0.05, 0) is 49.9 Å². The fourth-order valence-electron chi connectivity index (χ4n) is 6.20. The van der Waals surface area contributed by atoms with E-state index in [4.69, 9.17) is 0 Å². The molecule has 2 aliphatic rings. The molecule has 0 aliphatic carbocycles. The van der Waals surface area contributed by atoms with Crippen molar-refractivity contribution in [2.24, 2.45) is 23.7 Å². The Labute approximate surface area is 285 Å². The molecule has 2 saturated heterocycles. The van der Waals surface area contributed by atoms with E-state index in [0.717, 1.165) is 51.4 Å². The van der Waals surface area contributed by atoms with Gasteiger partial charge in [0.15, 0.2) is 0 Å². The zero-order valence-corrected chi connectivity index (χ0v) is 29.3. The SMILES string of the molecule is CCCCNC(=O)[C@@H]1CN(C(=O)c2ccc(C(=O)N3C[C@@H](C(=O)NCCCC)[C@H](C(=O)NCCCC)C3)cc2)C[C@H]1C(=O)NCCCC. The summed E-state index contributed by atoms with van der Waals surface area (Å²) >= 11 is 0. The topological polar surface area (TPSA) is 157 Å². The number of nitrogens with one attached hydrogen (secondary N) is 4. The molecule has 3 rings (SSSR count). The van der Waals surface area contributed by atoms with E-state index < -0.39 is 23.7 Å². The van der Waals surface area contributed by atoms with Gasteiger partial charge in [0.25, 0.3) is 11.8 Å². The predicted octanol–water partition coefficient (Wildman–Crippen LogP) is 2.73. The Balaban J connectivity index is 1.70. The van der Waals surface area contributed by atoms with Gasteiger partial charge in [-0.25, -0.2) is 0 Å². The highest BCUT2D eigenvalue weighted by Gasteiger charge is 2.45. The first-order valence-electron chi connectivity index (χ1n) is 18.0. The first-order valence-corrected chi connectivity index (χ1v) is 18.0. The van der Waals surface area contributed by atoms with E-state index in [2.05, 4.69) is 21.3 Å². The van der Waals surface area contributed by atoms with E-state index in [1.165, 1.54) is 9.80 Å². The van der Waals surface area contributed by atoms with Crippen molar-refractivity contribution in [2.75, 3.05) is 52.4 Å². The minimum Gasteiger partial charge on any atom is -0.356 e. The van der Waals surface area contributed by atoms with E-state index in [-0.39, 0.29) is 61.6 Å². The monoisotopic (exact) mass is 668 g/mol. The number of hydrogen-bond donors (Lipinski definition) is 4. The van der Waals surface area contributed by atoms with Crippen LogP contribution >= 0.6 is 0 Å². The lowest BCUT2D eigenvalue weighted by Crippen LogP contribution is -2.42. The average Bonchev–Trinajstić information content (AvgIpc) is 3.74. The molecule has 0 spiro atoms. The third kappa shape index (κ3) is 10.5. The van der Waals surface area contributed by atoms with Crippen LogP contribution in [0.3, 0.4) is 0 Å². The average molecular weight is 669 g/mol. The Hall–Kier alpha value is -3.96. The number of nitrogens with zero attached hydrogens (tertiary/aromatic N) is 2. The lowest BCUT2D eigenvalue weighted by atomic mass is 9.94. The van der Waals surface area contributed by atoms with Gasteiger partial charge in [0.05, 0.1) is 23.7 Å². The number of amides is 6. The molecule has 2 fully saturated rings. The van der Waals surface area contributed by atoms with Gasteiger partial charge in [0.2, 0.25) is 23.6 Å². The molecular formula is C36H56N6O6. The fourth-order valence-corrected chi connectivity index (χ4v) is 6.20. The number of carbonyl (C=O) groups excluding carboxylic acids is 6. The van der Waals surface area contributed by atoms with Crippen LogP contribution in [0.25, 0.3) is 0 Å². The fraction of sp³-hybridized carbons (Fsp3) is 0.667. The molecule has 6 amide bonds. The van der Waals surface area contributed by atoms with Gasteiger partial charge in [-0.1, -0.05) is 53.4 Å². The Bertz CT molecular complexity index is 1100. The molecule has 2 aliphatic heterocycles. The summed E-state index contributed by atoms with van der Waals surface area (Å²) in [5, 5.41) is 11.7. The summed E-state index contributed by atoms with van der Waals surface area (Å²) < 4.78 is 0. The summed E-state index contributed by atoms with van der Waals surface area (Å²) in [5.41, 5.74) is 0.679. The Kier molecular flexibility index (Phi) is 15.8. The van der Waals surface area contributed by atoms with Gasteiger partial charge < -0.3 is 31.1 Å². The summed E-state index contributed by atoms with van der Waals surface area (Å²) in [6, 6.07) is 6.28. The molecule has 0 radical (unpaired) electrons. The molecule has 2 heterocycles. The van der Waals surface area contributed by atoms with E-state index in [1.54, 1.807) is 24.3 Å². The van der Waals surface area contributed by atoms with E-state index in [9.17, 15) is 28.8 Å². The lowest BCUT2D eigenvalue weighted by Gasteiger charge is -2.18. The second-order valence-electron chi connectivity index (χ2n) is 13.0. The van der Waals surface area contributed by atoms with Crippen molar-refractivity contribution >= 4 is 35.4 Å². The van der Waals surface area contributed by atoms with Gasteiger partial charge in [0.1, 0.15) is 0 Å². The molecule has 0 bridgehead atoms. The van der Waals surface area contributed by atoms with Gasteiger partial charge in [-0.3, -0.25) is 28.8 Å². The minimum absolute atomic E-state index is 0.126. The van der Waals surface area contributed by atoms with Crippen molar-refractivity contribution in [1.82, 2.24) is 31.1 Å². The van der Waals surface area contributed by atoms with Gasteiger partial charge >= 0.3 is 0 Å². The van der Waals surface area contributed by atoms with Crippen molar-refractivity contribution in [3.05, 3.63) is 35.4 Å². The van der Waals surface area contributed by atoms with Gasteiger partial charge in [0, 0.05) is 63.5 Å². The molecule has 4 atom stereocenters. The number of unbranched alkanes of at least 4 members (excludes halogenated alkanes) is 4. The van der Waals surface area contributed by atoms with E-state index in [0.29, 0.717) is 37.3 Å². The molecular weight excluding hydrogens is 612 g/mol. The van der Waals surface area contributed by atoms with Crippen LogP contribution in [0, 0.1) is 23.7 Å². The van der Waals surface area contributed by atoms with Gasteiger partial charge in [-0.2, -0.15) is 0 Å². The smallest absolute Gasteiger partial charge is 0.253 e. The summed E-state index contributed by atoms with van der Waals surface area (Å²) in [6.07, 6.45) is 7.03. The van der Waals surface area contributed by atoms with Crippen LogP contribution in [0.15, 0.2) is 24.3 Å². The molecule has 266 valence electrons. The highest BCUT2D eigenvalue weighted by molar-refractivity contribution is 6.00. The van der Waals surface area contributed by atoms with Crippen LogP contribution in [0.2, 0.25) is 0 Å². The predicted molar refractivity (Wildman–Crippen MR) is 184 cm³/mol. The maximum absolute atomic E-state index is 13.6. The van der Waals surface area contributed by atoms with Crippen molar-refractivity contribution in [1.29, 1.82) is 0 Å². The van der Waals surface area contributed by atoms with E-state index in [1.807, 2.05) is 27.7 Å². The highest BCUT2D eigenvalue weighted by Crippen LogP contribution is 2.28. The van der Waals surface area contributed by atoms with Crippen LogP contribution in [0.4, 0.5) is 0 Å². The van der Waals surface area contributed by atoms with Crippen molar-refractivity contribution in [3.63, 3.8) is 0 Å². The number of likely N-dealkylation sites (tertiary alicyclic amines) is 2. The van der Waals surface area contributed by atoms with Crippen LogP contribution in [-0.4, -0.2) is 97.6 Å². The third-order valence-corrected chi connectivity index (χ3v) is 9.26. The molecule has 1 aromatic rings. The number of carbonyl (C=O) groups is 6. The second-order valence-corrected chi connectivity index (χ2v) is 13.0. The standard InChI is InChI=1S/C36H56N6O6/c1-5-9-17-37-31(43)27-21-41(22-28(27)32(44)38-18-10-6-2)35(47)25-13-15-26(16-14-25)36(48)42-23-29(33(45)39-19-11-7-3)30(24-42)34(46)40-20-12-8-4/h13-16,27-30H,5-12,17-24H2,1-4H3,(H,37,43)(H,38,44)(H,39,45)(H,40,46)/t27-,28-,29-,30-/m1/s1. The Morgan fingerprint density at radius 1 is 0.479 bits per heavy atom. The zero-order valence-electron chi connectivity index (χ0n) is 29.3. The van der Waals surface area contributed by atoms with Crippen LogP contribution < -0.4 is 21.3 Å². The molecule has 4 N–H and O–H groups in total. The van der Waals surface area contributed by atoms with Crippen LogP contribution in [0.5, 0.6) is 0 Å². The molecule has 48 heavy (non-hydrogen) atoms. The third-order valence-electron chi connectivity index (χ3n) is 9.26. The normalized spacial score (nSPS) is 20.3. The van der Waals surface area contributed by atoms with Crippen LogP contribution in [0.1, 0.15) is 99.8 Å². The van der Waals surface area contributed by atoms with Crippen molar-refractivity contribution < 1.29 is 28.8 Å².